The Bertz CT molecular complexity index is 945. The Labute approximate surface area is 167 Å². The van der Waals surface area contributed by atoms with Gasteiger partial charge in [-0.15, -0.1) is 10.2 Å². The number of amides is 1. The molecule has 0 radical (unpaired) electrons. The van der Waals surface area contributed by atoms with Crippen LogP contribution in [0.1, 0.15) is 19.4 Å². The quantitative estimate of drug-likeness (QED) is 0.618. The number of aromatic nitrogens is 4. The fourth-order valence-electron chi connectivity index (χ4n) is 2.56. The number of rotatable bonds is 6. The molecule has 2 heterocycles. The Hall–Kier alpha value is -2.38. The van der Waals surface area contributed by atoms with E-state index in [0.717, 1.165) is 22.6 Å². The number of anilines is 1. The van der Waals surface area contributed by atoms with Crippen molar-refractivity contribution in [3.8, 4) is 11.4 Å². The highest BCUT2D eigenvalue weighted by Crippen LogP contribution is 2.28. The number of benzene rings is 1. The average Bonchev–Trinajstić information content (AvgIpc) is 3.08. The van der Waals surface area contributed by atoms with Gasteiger partial charge in [0, 0.05) is 35.2 Å². The molecule has 1 N–H and O–H groups in total. The molecule has 0 bridgehead atoms. The molecule has 0 saturated carbocycles. The van der Waals surface area contributed by atoms with Gasteiger partial charge in [-0.2, -0.15) is 0 Å². The van der Waals surface area contributed by atoms with E-state index in [9.17, 15) is 4.79 Å². The molecule has 8 heteroatoms. The van der Waals surface area contributed by atoms with Crippen molar-refractivity contribution < 1.29 is 4.79 Å². The third-order valence-corrected chi connectivity index (χ3v) is 5.64. The number of nitrogens with one attached hydrogen (secondary N) is 1. The van der Waals surface area contributed by atoms with Crippen LogP contribution in [0.5, 0.6) is 0 Å². The van der Waals surface area contributed by atoms with Crippen molar-refractivity contribution in [2.45, 2.75) is 37.7 Å². The summed E-state index contributed by atoms with van der Waals surface area (Å²) in [6.45, 7) is 6.46. The molecule has 1 atom stereocenters. The second kappa shape index (κ2) is 8.54. The van der Waals surface area contributed by atoms with Gasteiger partial charge in [-0.05, 0) is 50.6 Å². The molecule has 6 nitrogen and oxygen atoms in total. The van der Waals surface area contributed by atoms with Gasteiger partial charge < -0.3 is 9.88 Å². The summed E-state index contributed by atoms with van der Waals surface area (Å²) < 4.78 is 1.99. The van der Waals surface area contributed by atoms with Gasteiger partial charge in [0.05, 0.1) is 5.25 Å². The van der Waals surface area contributed by atoms with E-state index in [0.29, 0.717) is 16.7 Å². The summed E-state index contributed by atoms with van der Waals surface area (Å²) in [6.07, 6.45) is 3.44. The van der Waals surface area contributed by atoms with Crippen molar-refractivity contribution in [3.63, 3.8) is 0 Å². The van der Waals surface area contributed by atoms with Crippen LogP contribution >= 0.6 is 23.4 Å². The second-order valence-electron chi connectivity index (χ2n) is 5.95. The number of hydrogen-bond donors (Lipinski definition) is 1. The minimum atomic E-state index is -0.344. The number of nitrogens with zero attached hydrogens (tertiary/aromatic N) is 4. The third-order valence-electron chi connectivity index (χ3n) is 4.15. The molecule has 3 rings (SSSR count). The molecule has 2 aromatic heterocycles. The largest absolute Gasteiger partial charge is 0.325 e. The highest BCUT2D eigenvalue weighted by atomic mass is 35.5. The zero-order valence-electron chi connectivity index (χ0n) is 15.3. The fraction of sp³-hybridized carbons (Fsp3) is 0.263. The Morgan fingerprint density at radius 1 is 1.26 bits per heavy atom. The summed E-state index contributed by atoms with van der Waals surface area (Å²) in [5.41, 5.74) is 2.51. The molecule has 140 valence electrons. The van der Waals surface area contributed by atoms with Gasteiger partial charge in [0.15, 0.2) is 11.0 Å². The summed E-state index contributed by atoms with van der Waals surface area (Å²) in [6, 6.07) is 9.24. The summed E-state index contributed by atoms with van der Waals surface area (Å²) >= 11 is 7.50. The molecule has 3 aromatic rings. The minimum absolute atomic E-state index is 0.110. The lowest BCUT2D eigenvalue weighted by Crippen LogP contribution is -2.23. The van der Waals surface area contributed by atoms with Gasteiger partial charge >= 0.3 is 0 Å². The highest BCUT2D eigenvalue weighted by molar-refractivity contribution is 8.00. The number of hydrogen-bond acceptors (Lipinski definition) is 5. The van der Waals surface area contributed by atoms with Gasteiger partial charge in [0.2, 0.25) is 5.91 Å². The van der Waals surface area contributed by atoms with Crippen molar-refractivity contribution in [2.24, 2.45) is 0 Å². The minimum Gasteiger partial charge on any atom is -0.325 e. The molecule has 0 aliphatic carbocycles. The van der Waals surface area contributed by atoms with E-state index in [2.05, 4.69) is 20.5 Å². The zero-order valence-corrected chi connectivity index (χ0v) is 16.9. The maximum absolute atomic E-state index is 12.6. The SMILES string of the molecule is CCn1c(S[C@H](C)C(=O)Nc2cccc(Cl)c2C)nnc1-c1ccncc1. The first-order chi connectivity index (χ1) is 13.0. The van der Waals surface area contributed by atoms with Crippen molar-refractivity contribution in [3.05, 3.63) is 53.3 Å². The maximum atomic E-state index is 12.6. The lowest BCUT2D eigenvalue weighted by Gasteiger charge is -2.14. The van der Waals surface area contributed by atoms with Crippen LogP contribution < -0.4 is 5.32 Å². The van der Waals surface area contributed by atoms with Crippen molar-refractivity contribution in [1.82, 2.24) is 19.7 Å². The number of halogens is 1. The highest BCUT2D eigenvalue weighted by Gasteiger charge is 2.21. The summed E-state index contributed by atoms with van der Waals surface area (Å²) in [5, 5.41) is 12.5. The third kappa shape index (κ3) is 4.31. The van der Waals surface area contributed by atoms with Gasteiger partial charge in [-0.1, -0.05) is 29.4 Å². The normalized spacial score (nSPS) is 12.0. The van der Waals surface area contributed by atoms with Crippen molar-refractivity contribution >= 4 is 35.0 Å². The fourth-order valence-corrected chi connectivity index (χ4v) is 3.65. The first-order valence-electron chi connectivity index (χ1n) is 8.57. The van der Waals surface area contributed by atoms with Crippen LogP contribution in [0, 0.1) is 6.92 Å². The van der Waals surface area contributed by atoms with E-state index < -0.39 is 0 Å². The lowest BCUT2D eigenvalue weighted by molar-refractivity contribution is -0.115. The first-order valence-corrected chi connectivity index (χ1v) is 9.83. The van der Waals surface area contributed by atoms with Gasteiger partial charge in [0.25, 0.3) is 0 Å². The molecule has 1 amide bonds. The molecular weight excluding hydrogens is 382 g/mol. The number of carbonyl (C=O) groups is 1. The Kier molecular flexibility index (Phi) is 6.13. The van der Waals surface area contributed by atoms with E-state index >= 15 is 0 Å². The molecule has 1 aromatic carbocycles. The monoisotopic (exact) mass is 401 g/mol. The van der Waals surface area contributed by atoms with Crippen LogP contribution in [-0.4, -0.2) is 30.9 Å². The van der Waals surface area contributed by atoms with Crippen LogP contribution in [-0.2, 0) is 11.3 Å². The Morgan fingerprint density at radius 2 is 2.00 bits per heavy atom. The molecule has 27 heavy (non-hydrogen) atoms. The Balaban J connectivity index is 1.76. The van der Waals surface area contributed by atoms with Gasteiger partial charge in [-0.25, -0.2) is 0 Å². The van der Waals surface area contributed by atoms with E-state index in [1.165, 1.54) is 11.8 Å². The number of carbonyl (C=O) groups excluding carboxylic acids is 1. The van der Waals surface area contributed by atoms with E-state index in [1.807, 2.05) is 49.6 Å². The van der Waals surface area contributed by atoms with Crippen LogP contribution in [0.4, 0.5) is 5.69 Å². The predicted molar refractivity (Wildman–Crippen MR) is 109 cm³/mol. The van der Waals surface area contributed by atoms with Crippen LogP contribution in [0.3, 0.4) is 0 Å². The van der Waals surface area contributed by atoms with Crippen LogP contribution in [0.15, 0.2) is 47.9 Å². The lowest BCUT2D eigenvalue weighted by atomic mass is 10.2. The number of pyridine rings is 1. The predicted octanol–water partition coefficient (Wildman–Crippen LogP) is 4.44. The zero-order chi connectivity index (χ0) is 19.4. The maximum Gasteiger partial charge on any atom is 0.237 e. The average molecular weight is 402 g/mol. The van der Waals surface area contributed by atoms with Crippen molar-refractivity contribution in [1.29, 1.82) is 0 Å². The Morgan fingerprint density at radius 3 is 2.70 bits per heavy atom. The van der Waals surface area contributed by atoms with E-state index in [4.69, 9.17) is 11.6 Å². The summed E-state index contributed by atoms with van der Waals surface area (Å²) in [5.74, 6) is 0.655. The molecule has 0 unspecified atom stereocenters. The van der Waals surface area contributed by atoms with Gasteiger partial charge in [-0.3, -0.25) is 9.78 Å². The standard InChI is InChI=1S/C19H20ClN5OS/c1-4-25-17(14-8-10-21-11-9-14)23-24-19(25)27-13(3)18(26)22-16-7-5-6-15(20)12(16)2/h5-11,13H,4H2,1-3H3,(H,22,26)/t13-/m1/s1. The van der Waals surface area contributed by atoms with Crippen molar-refractivity contribution in [2.75, 3.05) is 5.32 Å². The molecule has 0 saturated heterocycles. The van der Waals surface area contributed by atoms with E-state index in [-0.39, 0.29) is 11.2 Å². The van der Waals surface area contributed by atoms with Gasteiger partial charge in [0.1, 0.15) is 0 Å². The van der Waals surface area contributed by atoms with Crippen LogP contribution in [0.2, 0.25) is 5.02 Å². The van der Waals surface area contributed by atoms with E-state index in [1.54, 1.807) is 18.5 Å². The topological polar surface area (TPSA) is 72.7 Å². The second-order valence-corrected chi connectivity index (χ2v) is 7.66. The smallest absolute Gasteiger partial charge is 0.237 e. The molecule has 0 spiro atoms. The summed E-state index contributed by atoms with van der Waals surface area (Å²) in [7, 11) is 0. The molecule has 0 aliphatic rings. The molecule has 0 aliphatic heterocycles. The molecule has 0 fully saturated rings. The first kappa shape index (κ1) is 19.4. The summed E-state index contributed by atoms with van der Waals surface area (Å²) in [4.78, 5) is 16.6. The number of thioether (sulfide) groups is 1. The van der Waals surface area contributed by atoms with Crippen LogP contribution in [0.25, 0.3) is 11.4 Å². The molecular formula is C19H20ClN5OS.